The third-order valence-corrected chi connectivity index (χ3v) is 2.98. The average molecular weight is 236 g/mol. The lowest BCUT2D eigenvalue weighted by atomic mass is 10.1. The van der Waals surface area contributed by atoms with Gasteiger partial charge in [-0.15, -0.1) is 0 Å². The van der Waals surface area contributed by atoms with E-state index in [1.807, 2.05) is 13.0 Å². The second kappa shape index (κ2) is 5.31. The lowest BCUT2D eigenvalue weighted by Gasteiger charge is -2.38. The van der Waals surface area contributed by atoms with E-state index < -0.39 is 0 Å². The lowest BCUT2D eigenvalue weighted by Crippen LogP contribution is -2.54. The number of rotatable bonds is 3. The molecular formula is C12H20N4O. The summed E-state index contributed by atoms with van der Waals surface area (Å²) in [5, 5.41) is 3.45. The molecule has 1 fully saturated rings. The topological polar surface area (TPSA) is 50.3 Å². The molecule has 2 atom stereocenters. The third-order valence-electron chi connectivity index (χ3n) is 2.98. The van der Waals surface area contributed by atoms with E-state index >= 15 is 0 Å². The van der Waals surface area contributed by atoms with Crippen molar-refractivity contribution in [3.8, 4) is 5.88 Å². The second-order valence-electron chi connectivity index (χ2n) is 4.46. The van der Waals surface area contributed by atoms with Gasteiger partial charge >= 0.3 is 0 Å². The van der Waals surface area contributed by atoms with Crippen LogP contribution in [0.1, 0.15) is 20.8 Å². The summed E-state index contributed by atoms with van der Waals surface area (Å²) < 4.78 is 5.41. The molecule has 1 aromatic rings. The Bertz CT molecular complexity index is 371. The molecule has 1 aliphatic rings. The molecule has 1 N–H and O–H groups in total. The van der Waals surface area contributed by atoms with Gasteiger partial charge in [0.05, 0.1) is 6.61 Å². The first kappa shape index (κ1) is 12.1. The second-order valence-corrected chi connectivity index (χ2v) is 4.46. The number of aromatic nitrogens is 2. The molecule has 1 aliphatic heterocycles. The number of nitrogens with zero attached hydrogens (tertiary/aromatic N) is 3. The molecule has 5 heteroatoms. The molecule has 0 spiro atoms. The first-order valence-electron chi connectivity index (χ1n) is 6.15. The molecule has 1 saturated heterocycles. The highest BCUT2D eigenvalue weighted by molar-refractivity contribution is 5.42. The number of anilines is 1. The third kappa shape index (κ3) is 2.85. The smallest absolute Gasteiger partial charge is 0.218 e. The maximum Gasteiger partial charge on any atom is 0.218 e. The van der Waals surface area contributed by atoms with E-state index in [0.717, 1.165) is 18.9 Å². The first-order valence-corrected chi connectivity index (χ1v) is 6.15. The van der Waals surface area contributed by atoms with Crippen LogP contribution in [-0.4, -0.2) is 41.7 Å². The van der Waals surface area contributed by atoms with Crippen molar-refractivity contribution in [3.63, 3.8) is 0 Å². The van der Waals surface area contributed by atoms with Crippen LogP contribution in [0.5, 0.6) is 5.88 Å². The summed E-state index contributed by atoms with van der Waals surface area (Å²) in [7, 11) is 0. The van der Waals surface area contributed by atoms with Crippen molar-refractivity contribution < 1.29 is 4.74 Å². The van der Waals surface area contributed by atoms with Gasteiger partial charge in [0.25, 0.3) is 0 Å². The highest BCUT2D eigenvalue weighted by atomic mass is 16.5. The van der Waals surface area contributed by atoms with E-state index in [9.17, 15) is 0 Å². The van der Waals surface area contributed by atoms with E-state index in [1.165, 1.54) is 0 Å². The fraction of sp³-hybridized carbons (Fsp3) is 0.667. The zero-order valence-corrected chi connectivity index (χ0v) is 10.7. The predicted octanol–water partition coefficient (Wildman–Crippen LogP) is 1.06. The van der Waals surface area contributed by atoms with Crippen molar-refractivity contribution >= 4 is 5.82 Å². The predicted molar refractivity (Wildman–Crippen MR) is 67.5 cm³/mol. The van der Waals surface area contributed by atoms with Crippen molar-refractivity contribution in [1.29, 1.82) is 0 Å². The van der Waals surface area contributed by atoms with E-state index in [-0.39, 0.29) is 0 Å². The van der Waals surface area contributed by atoms with Crippen LogP contribution in [0, 0.1) is 0 Å². The summed E-state index contributed by atoms with van der Waals surface area (Å²) in [5.41, 5.74) is 0. The molecule has 94 valence electrons. The van der Waals surface area contributed by atoms with Crippen molar-refractivity contribution in [3.05, 3.63) is 12.4 Å². The normalized spacial score (nSPS) is 24.8. The summed E-state index contributed by atoms with van der Waals surface area (Å²) in [6, 6.07) is 2.84. The first-order chi connectivity index (χ1) is 8.20. The summed E-state index contributed by atoms with van der Waals surface area (Å²) in [4.78, 5) is 10.7. The molecule has 2 rings (SSSR count). The van der Waals surface area contributed by atoms with Gasteiger partial charge in [-0.2, -0.15) is 0 Å². The molecule has 0 aliphatic carbocycles. The van der Waals surface area contributed by atoms with Gasteiger partial charge in [-0.05, 0) is 20.8 Å². The van der Waals surface area contributed by atoms with Crippen molar-refractivity contribution in [2.45, 2.75) is 32.9 Å². The van der Waals surface area contributed by atoms with Gasteiger partial charge in [0.2, 0.25) is 5.88 Å². The Hall–Kier alpha value is -1.36. The van der Waals surface area contributed by atoms with Crippen molar-refractivity contribution in [2.24, 2.45) is 0 Å². The van der Waals surface area contributed by atoms with Gasteiger partial charge in [0.1, 0.15) is 12.1 Å². The maximum atomic E-state index is 5.41. The van der Waals surface area contributed by atoms with Gasteiger partial charge in [0, 0.05) is 31.2 Å². The van der Waals surface area contributed by atoms with Gasteiger partial charge in [-0.1, -0.05) is 0 Å². The van der Waals surface area contributed by atoms with Crippen LogP contribution in [0.15, 0.2) is 12.4 Å². The van der Waals surface area contributed by atoms with Crippen LogP contribution in [0.2, 0.25) is 0 Å². The summed E-state index contributed by atoms with van der Waals surface area (Å²) in [6.45, 7) is 8.91. The number of nitrogens with one attached hydrogen (secondary N) is 1. The molecule has 5 nitrogen and oxygen atoms in total. The molecule has 0 radical (unpaired) electrons. The van der Waals surface area contributed by atoms with Crippen LogP contribution in [0.25, 0.3) is 0 Å². The SMILES string of the molecule is CCOc1cc(N2CC(C)NCC2C)ncn1. The highest BCUT2D eigenvalue weighted by Crippen LogP contribution is 2.20. The molecule has 1 aromatic heterocycles. The minimum atomic E-state index is 0.440. The van der Waals surface area contributed by atoms with Crippen LogP contribution < -0.4 is 15.0 Å². The molecule has 0 amide bonds. The van der Waals surface area contributed by atoms with Crippen LogP contribution in [-0.2, 0) is 0 Å². The van der Waals surface area contributed by atoms with Gasteiger partial charge in [-0.25, -0.2) is 9.97 Å². The monoisotopic (exact) mass is 236 g/mol. The van der Waals surface area contributed by atoms with Crippen molar-refractivity contribution in [2.75, 3.05) is 24.6 Å². The molecule has 17 heavy (non-hydrogen) atoms. The molecule has 2 heterocycles. The van der Waals surface area contributed by atoms with Gasteiger partial charge in [0.15, 0.2) is 0 Å². The molecule has 0 bridgehead atoms. The summed E-state index contributed by atoms with van der Waals surface area (Å²) >= 11 is 0. The van der Waals surface area contributed by atoms with E-state index in [1.54, 1.807) is 6.33 Å². The Balaban J connectivity index is 2.16. The zero-order valence-electron chi connectivity index (χ0n) is 10.7. The fourth-order valence-corrected chi connectivity index (χ4v) is 2.05. The Labute approximate surface area is 102 Å². The Kier molecular flexibility index (Phi) is 3.78. The van der Waals surface area contributed by atoms with E-state index in [0.29, 0.717) is 24.6 Å². The van der Waals surface area contributed by atoms with Crippen LogP contribution in [0.3, 0.4) is 0 Å². The standard InChI is InChI=1S/C12H20N4O/c1-4-17-12-5-11(14-8-15-12)16-7-9(2)13-6-10(16)3/h5,8-10,13H,4,6-7H2,1-3H3. The Morgan fingerprint density at radius 3 is 3.06 bits per heavy atom. The quantitative estimate of drug-likeness (QED) is 0.850. The van der Waals surface area contributed by atoms with E-state index in [4.69, 9.17) is 4.74 Å². The number of piperazine rings is 1. The maximum absolute atomic E-state index is 5.41. The lowest BCUT2D eigenvalue weighted by molar-refractivity contribution is 0.325. The Morgan fingerprint density at radius 1 is 1.47 bits per heavy atom. The Morgan fingerprint density at radius 2 is 2.29 bits per heavy atom. The van der Waals surface area contributed by atoms with Crippen LogP contribution in [0.4, 0.5) is 5.82 Å². The number of hydrogen-bond acceptors (Lipinski definition) is 5. The largest absolute Gasteiger partial charge is 0.478 e. The highest BCUT2D eigenvalue weighted by Gasteiger charge is 2.23. The summed E-state index contributed by atoms with van der Waals surface area (Å²) in [5.74, 6) is 1.60. The molecule has 2 unspecified atom stereocenters. The van der Waals surface area contributed by atoms with Crippen molar-refractivity contribution in [1.82, 2.24) is 15.3 Å². The minimum absolute atomic E-state index is 0.440. The zero-order chi connectivity index (χ0) is 12.3. The average Bonchev–Trinajstić information content (AvgIpc) is 2.33. The van der Waals surface area contributed by atoms with E-state index in [2.05, 4.69) is 34.0 Å². The van der Waals surface area contributed by atoms with Crippen LogP contribution >= 0.6 is 0 Å². The molecular weight excluding hydrogens is 216 g/mol. The summed E-state index contributed by atoms with van der Waals surface area (Å²) in [6.07, 6.45) is 1.57. The minimum Gasteiger partial charge on any atom is -0.478 e. The number of hydrogen-bond donors (Lipinski definition) is 1. The van der Waals surface area contributed by atoms with Gasteiger partial charge < -0.3 is 15.0 Å². The number of ether oxygens (including phenoxy) is 1. The molecule has 0 aromatic carbocycles. The van der Waals surface area contributed by atoms with Gasteiger partial charge in [-0.3, -0.25) is 0 Å². The molecule has 0 saturated carbocycles. The fourth-order valence-electron chi connectivity index (χ4n) is 2.05.